The molecule has 0 saturated carbocycles. The van der Waals surface area contributed by atoms with Crippen LogP contribution in [0, 0.1) is 19.7 Å². The Balaban J connectivity index is 1.56. The van der Waals surface area contributed by atoms with E-state index in [1.54, 1.807) is 29.2 Å². The van der Waals surface area contributed by atoms with Crippen LogP contribution in [0.5, 0.6) is 0 Å². The van der Waals surface area contributed by atoms with Gasteiger partial charge in [0, 0.05) is 37.3 Å². The van der Waals surface area contributed by atoms with Crippen LogP contribution in [-0.2, 0) is 10.0 Å². The average molecular weight is 495 g/mol. The monoisotopic (exact) mass is 494 g/mol. The highest BCUT2D eigenvalue weighted by atomic mass is 32.2. The van der Waals surface area contributed by atoms with Crippen molar-refractivity contribution >= 4 is 21.7 Å². The molecule has 0 bridgehead atoms. The van der Waals surface area contributed by atoms with Crippen LogP contribution >= 0.6 is 0 Å². The lowest BCUT2D eigenvalue weighted by atomic mass is 9.94. The van der Waals surface area contributed by atoms with Gasteiger partial charge in [0.25, 0.3) is 5.91 Å². The number of hydrogen-bond acceptors (Lipinski definition) is 4. The summed E-state index contributed by atoms with van der Waals surface area (Å²) in [5.74, 6) is -1.03. The zero-order valence-corrected chi connectivity index (χ0v) is 20.5. The van der Waals surface area contributed by atoms with Crippen molar-refractivity contribution in [1.82, 2.24) is 9.21 Å². The molecule has 0 aromatic heterocycles. The minimum absolute atomic E-state index is 0.0168. The van der Waals surface area contributed by atoms with Gasteiger partial charge in [-0.25, -0.2) is 12.8 Å². The van der Waals surface area contributed by atoms with E-state index in [9.17, 15) is 22.4 Å². The van der Waals surface area contributed by atoms with Gasteiger partial charge in [-0.3, -0.25) is 9.59 Å². The van der Waals surface area contributed by atoms with Crippen molar-refractivity contribution in [2.75, 3.05) is 26.2 Å². The Morgan fingerprint density at radius 3 is 2.20 bits per heavy atom. The van der Waals surface area contributed by atoms with Crippen molar-refractivity contribution in [2.24, 2.45) is 0 Å². The number of sulfonamides is 1. The summed E-state index contributed by atoms with van der Waals surface area (Å²) >= 11 is 0. The second-order valence-electron chi connectivity index (χ2n) is 8.70. The first-order chi connectivity index (χ1) is 16.7. The molecule has 1 fully saturated rings. The number of amides is 1. The number of aryl methyl sites for hydroxylation is 2. The van der Waals surface area contributed by atoms with Crippen LogP contribution in [-0.4, -0.2) is 55.5 Å². The van der Waals surface area contributed by atoms with Crippen LogP contribution < -0.4 is 0 Å². The normalized spacial score (nSPS) is 15.0. The standard InChI is InChI=1S/C27H27FN2O4S/c1-19-8-9-20(2)25(18-19)26(31)23-6-3-4-7-24(23)27(32)29-14-5-15-30(17-16-29)35(33,34)22-12-10-21(28)11-13-22/h3-4,6-13,18H,5,14-17H2,1-2H3. The third-order valence-corrected chi connectivity index (χ3v) is 8.15. The van der Waals surface area contributed by atoms with Crippen molar-refractivity contribution in [3.63, 3.8) is 0 Å². The fourth-order valence-electron chi connectivity index (χ4n) is 4.26. The van der Waals surface area contributed by atoms with E-state index in [0.29, 0.717) is 29.7 Å². The second-order valence-corrected chi connectivity index (χ2v) is 10.6. The van der Waals surface area contributed by atoms with Crippen molar-refractivity contribution in [3.05, 3.63) is 100 Å². The predicted octanol–water partition coefficient (Wildman–Crippen LogP) is 4.21. The Kier molecular flexibility index (Phi) is 7.14. The molecule has 0 spiro atoms. The van der Waals surface area contributed by atoms with Crippen LogP contribution in [0.1, 0.15) is 43.8 Å². The number of carbonyl (C=O) groups excluding carboxylic acids is 2. The van der Waals surface area contributed by atoms with Crippen molar-refractivity contribution < 1.29 is 22.4 Å². The summed E-state index contributed by atoms with van der Waals surface area (Å²) in [7, 11) is -3.81. The highest BCUT2D eigenvalue weighted by molar-refractivity contribution is 7.89. The SMILES string of the molecule is Cc1ccc(C)c(C(=O)c2ccccc2C(=O)N2CCCN(S(=O)(=O)c3ccc(F)cc3)CC2)c1. The molecule has 0 N–H and O–H groups in total. The van der Waals surface area contributed by atoms with Gasteiger partial charge in [-0.2, -0.15) is 4.31 Å². The summed E-state index contributed by atoms with van der Waals surface area (Å²) in [6, 6.07) is 17.1. The summed E-state index contributed by atoms with van der Waals surface area (Å²) in [5, 5.41) is 0. The zero-order chi connectivity index (χ0) is 25.2. The molecule has 3 aromatic rings. The zero-order valence-electron chi connectivity index (χ0n) is 19.7. The molecular formula is C27H27FN2O4S. The first-order valence-corrected chi connectivity index (χ1v) is 12.9. The van der Waals surface area contributed by atoms with Crippen LogP contribution in [0.25, 0.3) is 0 Å². The average Bonchev–Trinajstić information content (AvgIpc) is 3.12. The van der Waals surface area contributed by atoms with Crippen LogP contribution in [0.2, 0.25) is 0 Å². The van der Waals surface area contributed by atoms with Gasteiger partial charge < -0.3 is 4.90 Å². The summed E-state index contributed by atoms with van der Waals surface area (Å²) in [4.78, 5) is 28.5. The van der Waals surface area contributed by atoms with E-state index >= 15 is 0 Å². The van der Waals surface area contributed by atoms with Gasteiger partial charge >= 0.3 is 0 Å². The van der Waals surface area contributed by atoms with E-state index in [4.69, 9.17) is 0 Å². The molecular weight excluding hydrogens is 467 g/mol. The molecule has 1 aliphatic heterocycles. The van der Waals surface area contributed by atoms with Crippen LogP contribution in [0.4, 0.5) is 4.39 Å². The van der Waals surface area contributed by atoms with Gasteiger partial charge in [-0.1, -0.05) is 35.9 Å². The fourth-order valence-corrected chi connectivity index (χ4v) is 5.73. The molecule has 4 rings (SSSR count). The molecule has 0 atom stereocenters. The largest absolute Gasteiger partial charge is 0.337 e. The van der Waals surface area contributed by atoms with E-state index in [-0.39, 0.29) is 36.2 Å². The van der Waals surface area contributed by atoms with Crippen LogP contribution in [0.15, 0.2) is 71.6 Å². The summed E-state index contributed by atoms with van der Waals surface area (Å²) in [5.41, 5.74) is 2.97. The topological polar surface area (TPSA) is 74.8 Å². The Morgan fingerprint density at radius 2 is 1.49 bits per heavy atom. The maximum absolute atomic E-state index is 13.5. The first kappa shape index (κ1) is 24.8. The molecule has 0 unspecified atom stereocenters. The Hall–Kier alpha value is -3.36. The molecule has 8 heteroatoms. The molecule has 6 nitrogen and oxygen atoms in total. The molecule has 1 amide bonds. The molecule has 0 radical (unpaired) electrons. The number of halogens is 1. The minimum Gasteiger partial charge on any atom is -0.337 e. The van der Waals surface area contributed by atoms with E-state index in [1.165, 1.54) is 16.4 Å². The van der Waals surface area contributed by atoms with E-state index in [2.05, 4.69) is 0 Å². The summed E-state index contributed by atoms with van der Waals surface area (Å²) in [6.07, 6.45) is 0.444. The smallest absolute Gasteiger partial charge is 0.254 e. The Labute approximate surface area is 205 Å². The highest BCUT2D eigenvalue weighted by Gasteiger charge is 2.30. The number of carbonyl (C=O) groups is 2. The van der Waals surface area contributed by atoms with Gasteiger partial charge in [0.15, 0.2) is 5.78 Å². The van der Waals surface area contributed by atoms with E-state index in [1.807, 2.05) is 32.0 Å². The Morgan fingerprint density at radius 1 is 0.800 bits per heavy atom. The lowest BCUT2D eigenvalue weighted by Gasteiger charge is -2.23. The molecule has 182 valence electrons. The van der Waals surface area contributed by atoms with E-state index < -0.39 is 15.8 Å². The molecule has 1 saturated heterocycles. The molecule has 35 heavy (non-hydrogen) atoms. The lowest BCUT2D eigenvalue weighted by Crippen LogP contribution is -2.37. The lowest BCUT2D eigenvalue weighted by molar-refractivity contribution is 0.0760. The van der Waals surface area contributed by atoms with Crippen molar-refractivity contribution in [1.29, 1.82) is 0 Å². The van der Waals surface area contributed by atoms with Gasteiger partial charge in [0.2, 0.25) is 10.0 Å². The predicted molar refractivity (Wildman–Crippen MR) is 131 cm³/mol. The van der Waals surface area contributed by atoms with Crippen LogP contribution in [0.3, 0.4) is 0 Å². The summed E-state index contributed by atoms with van der Waals surface area (Å²) in [6.45, 7) is 4.68. The number of rotatable bonds is 5. The quantitative estimate of drug-likeness (QED) is 0.498. The van der Waals surface area contributed by atoms with E-state index in [0.717, 1.165) is 23.3 Å². The highest BCUT2D eigenvalue weighted by Crippen LogP contribution is 2.22. The van der Waals surface area contributed by atoms with Gasteiger partial charge in [-0.15, -0.1) is 0 Å². The van der Waals surface area contributed by atoms with Gasteiger partial charge in [0.1, 0.15) is 5.82 Å². The molecule has 1 aliphatic rings. The summed E-state index contributed by atoms with van der Waals surface area (Å²) < 4.78 is 40.6. The second kappa shape index (κ2) is 10.1. The minimum atomic E-state index is -3.81. The number of ketones is 1. The van der Waals surface area contributed by atoms with Gasteiger partial charge in [-0.05, 0) is 62.2 Å². The Bertz CT molecular complexity index is 1370. The maximum atomic E-state index is 13.5. The van der Waals surface area contributed by atoms with Crippen molar-refractivity contribution in [3.8, 4) is 0 Å². The first-order valence-electron chi connectivity index (χ1n) is 11.4. The molecule has 3 aromatic carbocycles. The van der Waals surface area contributed by atoms with Crippen molar-refractivity contribution in [2.45, 2.75) is 25.2 Å². The third kappa shape index (κ3) is 5.18. The number of hydrogen-bond donors (Lipinski definition) is 0. The third-order valence-electron chi connectivity index (χ3n) is 6.23. The fraction of sp³-hybridized carbons (Fsp3) is 0.259. The number of nitrogens with zero attached hydrogens (tertiary/aromatic N) is 2. The maximum Gasteiger partial charge on any atom is 0.254 e. The molecule has 1 heterocycles. The molecule has 0 aliphatic carbocycles. The van der Waals surface area contributed by atoms with Gasteiger partial charge in [0.05, 0.1) is 10.5 Å². The number of benzene rings is 3.